The van der Waals surface area contributed by atoms with Gasteiger partial charge in [-0.3, -0.25) is 4.58 Å². The van der Waals surface area contributed by atoms with E-state index in [-0.39, 0.29) is 0 Å². The first-order chi connectivity index (χ1) is 9.25. The quantitative estimate of drug-likeness (QED) is 0.760. The lowest BCUT2D eigenvalue weighted by molar-refractivity contribution is -0.485. The van der Waals surface area contributed by atoms with Crippen LogP contribution in [0.5, 0.6) is 0 Å². The summed E-state index contributed by atoms with van der Waals surface area (Å²) >= 11 is 5.96. The molecule has 0 N–H and O–H groups in total. The number of anilines is 1. The van der Waals surface area contributed by atoms with Gasteiger partial charge >= 0.3 is 0 Å². The first-order valence-corrected chi connectivity index (χ1v) is 6.80. The van der Waals surface area contributed by atoms with Crippen LogP contribution in [0.4, 0.5) is 5.69 Å². The predicted octanol–water partition coefficient (Wildman–Crippen LogP) is 3.25. The second kappa shape index (κ2) is 5.06. The van der Waals surface area contributed by atoms with Crippen LogP contribution >= 0.6 is 11.6 Å². The first kappa shape index (κ1) is 12.2. The minimum absolute atomic E-state index is 0.776. The molecule has 1 aliphatic heterocycles. The molecule has 19 heavy (non-hydrogen) atoms. The third-order valence-electron chi connectivity index (χ3n) is 3.45. The van der Waals surface area contributed by atoms with E-state index in [0.29, 0.717) is 0 Å². The van der Waals surface area contributed by atoms with Gasteiger partial charge in [0, 0.05) is 5.02 Å². The van der Waals surface area contributed by atoms with Gasteiger partial charge in [0.2, 0.25) is 0 Å². The molecule has 0 aromatic heterocycles. The molecule has 2 nitrogen and oxygen atoms in total. The third kappa shape index (κ3) is 2.36. The molecule has 3 rings (SSSR count). The largest absolute Gasteiger partial charge is 0.284 e. The van der Waals surface area contributed by atoms with Crippen molar-refractivity contribution in [3.8, 4) is 0 Å². The lowest BCUT2D eigenvalue weighted by Crippen LogP contribution is -2.29. The summed E-state index contributed by atoms with van der Waals surface area (Å²) in [6.07, 6.45) is 0. The number of rotatable bonds is 2. The molecule has 0 spiro atoms. The second-order valence-electron chi connectivity index (χ2n) is 4.74. The number of amidine groups is 1. The van der Waals surface area contributed by atoms with Gasteiger partial charge in [-0.15, -0.1) is 0 Å². The zero-order valence-corrected chi connectivity index (χ0v) is 11.6. The number of benzene rings is 2. The van der Waals surface area contributed by atoms with Crippen LogP contribution in [0.1, 0.15) is 5.56 Å². The van der Waals surface area contributed by atoms with E-state index >= 15 is 0 Å². The Morgan fingerprint density at radius 2 is 1.68 bits per heavy atom. The molecule has 2 aromatic rings. The van der Waals surface area contributed by atoms with Crippen molar-refractivity contribution in [2.24, 2.45) is 0 Å². The Balaban J connectivity index is 2.01. The minimum Gasteiger partial charge on any atom is -0.260 e. The van der Waals surface area contributed by atoms with Crippen LogP contribution in [0, 0.1) is 0 Å². The molecule has 0 fully saturated rings. The summed E-state index contributed by atoms with van der Waals surface area (Å²) in [5.41, 5.74) is 2.44. The summed E-state index contributed by atoms with van der Waals surface area (Å²) in [5.74, 6) is 1.25. The topological polar surface area (TPSA) is 6.25 Å². The van der Waals surface area contributed by atoms with Crippen molar-refractivity contribution in [1.82, 2.24) is 0 Å². The van der Waals surface area contributed by atoms with Gasteiger partial charge in [0.1, 0.15) is 18.8 Å². The predicted molar refractivity (Wildman–Crippen MR) is 80.4 cm³/mol. The van der Waals surface area contributed by atoms with Crippen LogP contribution in [-0.4, -0.2) is 30.5 Å². The van der Waals surface area contributed by atoms with Gasteiger partial charge in [0.05, 0.1) is 12.6 Å². The Morgan fingerprint density at radius 3 is 2.37 bits per heavy atom. The lowest BCUT2D eigenvalue weighted by Gasteiger charge is -2.13. The van der Waals surface area contributed by atoms with Crippen LogP contribution in [0.25, 0.3) is 0 Å². The molecule has 1 aliphatic rings. The highest BCUT2D eigenvalue weighted by Gasteiger charge is 2.31. The molecule has 0 saturated carbocycles. The second-order valence-corrected chi connectivity index (χ2v) is 5.18. The molecular formula is C16H16ClN2+. The number of hydrogen-bond acceptors (Lipinski definition) is 1. The maximum absolute atomic E-state index is 5.96. The summed E-state index contributed by atoms with van der Waals surface area (Å²) in [4.78, 5) is 2.34. The summed E-state index contributed by atoms with van der Waals surface area (Å²) in [5, 5.41) is 0.776. The summed E-state index contributed by atoms with van der Waals surface area (Å²) < 4.78 is 2.30. The van der Waals surface area contributed by atoms with E-state index in [1.165, 1.54) is 17.1 Å². The van der Waals surface area contributed by atoms with E-state index < -0.39 is 0 Å². The van der Waals surface area contributed by atoms with E-state index in [9.17, 15) is 0 Å². The highest BCUT2D eigenvalue weighted by atomic mass is 35.5. The van der Waals surface area contributed by atoms with Crippen LogP contribution in [0.3, 0.4) is 0 Å². The molecule has 0 radical (unpaired) electrons. The Bertz CT molecular complexity index is 602. The molecule has 0 aliphatic carbocycles. The number of likely N-dealkylation sites (N-methyl/N-ethyl adjacent to an activating group) is 1. The van der Waals surface area contributed by atoms with E-state index in [1.807, 2.05) is 18.2 Å². The van der Waals surface area contributed by atoms with Crippen molar-refractivity contribution >= 4 is 23.1 Å². The number of hydrogen-bond donors (Lipinski definition) is 0. The molecule has 3 heteroatoms. The average Bonchev–Trinajstić information content (AvgIpc) is 2.82. The fourth-order valence-corrected chi connectivity index (χ4v) is 2.63. The van der Waals surface area contributed by atoms with Crippen molar-refractivity contribution in [3.05, 3.63) is 65.2 Å². The van der Waals surface area contributed by atoms with Crippen molar-refractivity contribution in [1.29, 1.82) is 0 Å². The monoisotopic (exact) mass is 271 g/mol. The van der Waals surface area contributed by atoms with Crippen molar-refractivity contribution < 1.29 is 4.58 Å². The highest BCUT2D eigenvalue weighted by molar-refractivity contribution is 6.30. The van der Waals surface area contributed by atoms with Gasteiger partial charge in [-0.1, -0.05) is 29.8 Å². The summed E-state index contributed by atoms with van der Waals surface area (Å²) in [6.45, 7) is 2.04. The average molecular weight is 272 g/mol. The maximum atomic E-state index is 5.96. The van der Waals surface area contributed by atoms with Gasteiger partial charge in [-0.05, 0) is 36.4 Å². The van der Waals surface area contributed by atoms with Gasteiger partial charge in [-0.2, -0.15) is 0 Å². The number of nitrogens with zero attached hydrogens (tertiary/aromatic N) is 2. The zero-order chi connectivity index (χ0) is 13.2. The first-order valence-electron chi connectivity index (χ1n) is 6.42. The summed E-state index contributed by atoms with van der Waals surface area (Å²) in [7, 11) is 2.14. The Labute approximate surface area is 118 Å². The van der Waals surface area contributed by atoms with Crippen LogP contribution in [0.15, 0.2) is 54.6 Å². The van der Waals surface area contributed by atoms with Crippen molar-refractivity contribution in [2.45, 2.75) is 0 Å². The fourth-order valence-electron chi connectivity index (χ4n) is 2.50. The fraction of sp³-hybridized carbons (Fsp3) is 0.188. The summed E-state index contributed by atoms with van der Waals surface area (Å²) in [6, 6.07) is 18.5. The third-order valence-corrected chi connectivity index (χ3v) is 3.70. The van der Waals surface area contributed by atoms with Crippen LogP contribution < -0.4 is 4.90 Å². The van der Waals surface area contributed by atoms with Gasteiger partial charge in [-0.25, -0.2) is 4.90 Å². The van der Waals surface area contributed by atoms with Gasteiger partial charge in [0.15, 0.2) is 0 Å². The van der Waals surface area contributed by atoms with Crippen LogP contribution in [0.2, 0.25) is 5.02 Å². The minimum atomic E-state index is 0.776. The molecule has 2 aromatic carbocycles. The molecule has 96 valence electrons. The molecule has 0 saturated heterocycles. The van der Waals surface area contributed by atoms with Gasteiger partial charge in [0.25, 0.3) is 5.84 Å². The van der Waals surface area contributed by atoms with E-state index in [1.54, 1.807) is 0 Å². The SMILES string of the molecule is C[N+]1=C(c2ccccc2)N(c2ccc(Cl)cc2)CC1. The maximum Gasteiger partial charge on any atom is 0.284 e. The molecule has 0 unspecified atom stereocenters. The zero-order valence-electron chi connectivity index (χ0n) is 10.9. The molecule has 1 heterocycles. The van der Waals surface area contributed by atoms with E-state index in [0.717, 1.165) is 18.1 Å². The normalized spacial score (nSPS) is 15.2. The standard InChI is InChI=1S/C16H16ClN2/c1-18-11-12-19(15-9-7-14(17)8-10-15)16(18)13-5-3-2-4-6-13/h2-10H,11-12H2,1H3/q+1. The molecule has 0 amide bonds. The van der Waals surface area contributed by atoms with Crippen LogP contribution in [-0.2, 0) is 0 Å². The smallest absolute Gasteiger partial charge is 0.260 e. The Hall–Kier alpha value is -1.80. The van der Waals surface area contributed by atoms with Crippen molar-refractivity contribution in [2.75, 3.05) is 25.0 Å². The molecule has 0 bridgehead atoms. The van der Waals surface area contributed by atoms with Crippen molar-refractivity contribution in [3.63, 3.8) is 0 Å². The van der Waals surface area contributed by atoms with Gasteiger partial charge < -0.3 is 0 Å². The number of halogens is 1. The Morgan fingerprint density at radius 1 is 1.00 bits per heavy atom. The lowest BCUT2D eigenvalue weighted by atomic mass is 10.2. The molecular weight excluding hydrogens is 256 g/mol. The highest BCUT2D eigenvalue weighted by Crippen LogP contribution is 2.22. The van der Waals surface area contributed by atoms with E-state index in [4.69, 9.17) is 11.6 Å². The Kier molecular flexibility index (Phi) is 3.26. The van der Waals surface area contributed by atoms with E-state index in [2.05, 4.69) is 52.9 Å². The molecule has 0 atom stereocenters.